The maximum atomic E-state index is 12.2. The van der Waals surface area contributed by atoms with Crippen LogP contribution in [0.15, 0.2) is 67.0 Å². The van der Waals surface area contributed by atoms with Crippen molar-refractivity contribution in [2.24, 2.45) is 0 Å². The molecule has 0 saturated carbocycles. The quantitative estimate of drug-likeness (QED) is 0.687. The summed E-state index contributed by atoms with van der Waals surface area (Å²) in [4.78, 5) is 16.1. The number of benzene rings is 2. The number of anilines is 2. The lowest BCUT2D eigenvalue weighted by Gasteiger charge is -2.12. The Morgan fingerprint density at radius 3 is 2.38 bits per heavy atom. The molecule has 0 bridgehead atoms. The van der Waals surface area contributed by atoms with Crippen LogP contribution in [0.5, 0.6) is 11.5 Å². The van der Waals surface area contributed by atoms with Gasteiger partial charge in [-0.05, 0) is 67.4 Å². The number of nitrogens with one attached hydrogen (secondary N) is 2. The molecule has 0 aliphatic rings. The van der Waals surface area contributed by atoms with Crippen molar-refractivity contribution >= 4 is 17.3 Å². The first-order valence-corrected chi connectivity index (χ1v) is 8.40. The third-order valence-corrected chi connectivity index (χ3v) is 4.07. The van der Waals surface area contributed by atoms with Crippen LogP contribution in [0.25, 0.3) is 0 Å². The molecule has 5 heteroatoms. The van der Waals surface area contributed by atoms with Crippen LogP contribution < -0.4 is 15.4 Å². The summed E-state index contributed by atoms with van der Waals surface area (Å²) in [6.07, 6.45) is 3.36. The first-order valence-electron chi connectivity index (χ1n) is 8.40. The molecule has 0 unspecified atom stereocenters. The average molecular weight is 347 g/mol. The van der Waals surface area contributed by atoms with Gasteiger partial charge in [0.1, 0.15) is 11.5 Å². The number of rotatable bonds is 6. The van der Waals surface area contributed by atoms with Gasteiger partial charge in [-0.3, -0.25) is 9.78 Å². The number of ether oxygens (including phenoxy) is 1. The molecule has 0 fully saturated rings. The Balaban J connectivity index is 1.53. The van der Waals surface area contributed by atoms with Crippen molar-refractivity contribution in [3.05, 3.63) is 78.1 Å². The van der Waals surface area contributed by atoms with Crippen molar-refractivity contribution in [3.8, 4) is 11.5 Å². The van der Waals surface area contributed by atoms with Crippen molar-refractivity contribution < 1.29 is 9.53 Å². The first-order chi connectivity index (χ1) is 12.6. The van der Waals surface area contributed by atoms with E-state index < -0.39 is 0 Å². The summed E-state index contributed by atoms with van der Waals surface area (Å²) in [7, 11) is 0. The van der Waals surface area contributed by atoms with E-state index in [1.54, 1.807) is 24.5 Å². The highest BCUT2D eigenvalue weighted by molar-refractivity contribution is 5.94. The molecule has 1 heterocycles. The number of aromatic nitrogens is 1. The van der Waals surface area contributed by atoms with Crippen molar-refractivity contribution in [3.63, 3.8) is 0 Å². The predicted octanol–water partition coefficient (Wildman–Crippen LogP) is 4.54. The van der Waals surface area contributed by atoms with E-state index in [0.717, 1.165) is 34.0 Å². The molecule has 2 N–H and O–H groups in total. The molecule has 0 saturated heterocycles. The summed E-state index contributed by atoms with van der Waals surface area (Å²) < 4.78 is 5.72. The highest BCUT2D eigenvalue weighted by Crippen LogP contribution is 2.22. The van der Waals surface area contributed by atoms with Crippen molar-refractivity contribution in [1.82, 2.24) is 4.98 Å². The fraction of sp³-hybridized carbons (Fsp3) is 0.143. The van der Waals surface area contributed by atoms with Crippen molar-refractivity contribution in [2.75, 3.05) is 17.2 Å². The predicted molar refractivity (Wildman–Crippen MR) is 104 cm³/mol. The van der Waals surface area contributed by atoms with E-state index in [-0.39, 0.29) is 12.5 Å². The normalized spacial score (nSPS) is 10.2. The summed E-state index contributed by atoms with van der Waals surface area (Å²) >= 11 is 0. The third-order valence-electron chi connectivity index (χ3n) is 4.07. The number of pyridine rings is 1. The number of carbonyl (C=O) groups excluding carboxylic acids is 1. The van der Waals surface area contributed by atoms with Gasteiger partial charge in [-0.15, -0.1) is 0 Å². The highest BCUT2D eigenvalue weighted by atomic mass is 16.5. The van der Waals surface area contributed by atoms with Gasteiger partial charge in [0.05, 0.1) is 6.54 Å². The van der Waals surface area contributed by atoms with Crippen LogP contribution in [0.1, 0.15) is 11.1 Å². The molecule has 0 aliphatic heterocycles. The second-order valence-electron chi connectivity index (χ2n) is 5.96. The van der Waals surface area contributed by atoms with E-state index in [4.69, 9.17) is 4.74 Å². The fourth-order valence-corrected chi connectivity index (χ4v) is 2.45. The standard InChI is InChI=1S/C21H21N3O2/c1-15-4-3-5-20(16(15)2)24-21(25)14-23-17-6-8-18(9-7-17)26-19-10-12-22-13-11-19/h3-13,23H,14H2,1-2H3,(H,24,25). The molecule has 3 rings (SSSR count). The first kappa shape index (κ1) is 17.5. The van der Waals surface area contributed by atoms with E-state index in [1.807, 2.05) is 56.3 Å². The fourth-order valence-electron chi connectivity index (χ4n) is 2.45. The maximum Gasteiger partial charge on any atom is 0.243 e. The second kappa shape index (κ2) is 8.16. The lowest BCUT2D eigenvalue weighted by Crippen LogP contribution is -2.22. The summed E-state index contributed by atoms with van der Waals surface area (Å²) in [5.74, 6) is 1.37. The van der Waals surface area contributed by atoms with Gasteiger partial charge >= 0.3 is 0 Å². The van der Waals surface area contributed by atoms with Gasteiger partial charge in [-0.25, -0.2) is 0 Å². The maximum absolute atomic E-state index is 12.2. The summed E-state index contributed by atoms with van der Waals surface area (Å²) in [6.45, 7) is 4.22. The molecule has 5 nitrogen and oxygen atoms in total. The topological polar surface area (TPSA) is 63.2 Å². The molecule has 132 valence electrons. The Morgan fingerprint density at radius 1 is 0.962 bits per heavy atom. The molecule has 26 heavy (non-hydrogen) atoms. The molecule has 3 aromatic rings. The zero-order chi connectivity index (χ0) is 18.4. The summed E-state index contributed by atoms with van der Waals surface area (Å²) in [5, 5.41) is 6.05. The lowest BCUT2D eigenvalue weighted by molar-refractivity contribution is -0.114. The van der Waals surface area contributed by atoms with Gasteiger partial charge in [-0.2, -0.15) is 0 Å². The van der Waals surface area contributed by atoms with Crippen molar-refractivity contribution in [1.29, 1.82) is 0 Å². The van der Waals surface area contributed by atoms with Crippen LogP contribution >= 0.6 is 0 Å². The van der Waals surface area contributed by atoms with Crippen LogP contribution in [0.2, 0.25) is 0 Å². The molecule has 1 amide bonds. The molecule has 0 spiro atoms. The average Bonchev–Trinajstić information content (AvgIpc) is 2.66. The monoisotopic (exact) mass is 347 g/mol. The Bertz CT molecular complexity index is 878. The minimum absolute atomic E-state index is 0.0872. The SMILES string of the molecule is Cc1cccc(NC(=O)CNc2ccc(Oc3ccncc3)cc2)c1C. The second-order valence-corrected chi connectivity index (χ2v) is 5.96. The van der Waals surface area contributed by atoms with E-state index in [1.165, 1.54) is 0 Å². The molecule has 2 aromatic carbocycles. The number of hydrogen-bond donors (Lipinski definition) is 2. The Morgan fingerprint density at radius 2 is 1.65 bits per heavy atom. The number of hydrogen-bond acceptors (Lipinski definition) is 4. The van der Waals surface area contributed by atoms with E-state index >= 15 is 0 Å². The van der Waals surface area contributed by atoms with E-state index in [0.29, 0.717) is 0 Å². The lowest BCUT2D eigenvalue weighted by atomic mass is 10.1. The molecule has 0 radical (unpaired) electrons. The smallest absolute Gasteiger partial charge is 0.243 e. The number of carbonyl (C=O) groups is 1. The summed E-state index contributed by atoms with van der Waals surface area (Å²) in [5.41, 5.74) is 3.93. The van der Waals surface area contributed by atoms with Gasteiger partial charge in [0, 0.05) is 23.8 Å². The van der Waals surface area contributed by atoms with E-state index in [2.05, 4.69) is 15.6 Å². The molecular weight excluding hydrogens is 326 g/mol. The van der Waals surface area contributed by atoms with Gasteiger partial charge in [0.15, 0.2) is 0 Å². The van der Waals surface area contributed by atoms with E-state index in [9.17, 15) is 4.79 Å². The third kappa shape index (κ3) is 4.60. The Kier molecular flexibility index (Phi) is 5.49. The number of amides is 1. The van der Waals surface area contributed by atoms with Crippen LogP contribution in [0.3, 0.4) is 0 Å². The number of aryl methyl sites for hydroxylation is 1. The Labute approximate surface area is 153 Å². The van der Waals surface area contributed by atoms with Crippen LogP contribution in [0.4, 0.5) is 11.4 Å². The van der Waals surface area contributed by atoms with Gasteiger partial charge in [-0.1, -0.05) is 12.1 Å². The van der Waals surface area contributed by atoms with Gasteiger partial charge < -0.3 is 15.4 Å². The minimum atomic E-state index is -0.0872. The number of nitrogens with zero attached hydrogens (tertiary/aromatic N) is 1. The zero-order valence-electron chi connectivity index (χ0n) is 14.8. The van der Waals surface area contributed by atoms with Crippen molar-refractivity contribution in [2.45, 2.75) is 13.8 Å². The molecule has 1 aromatic heterocycles. The molecule has 0 aliphatic carbocycles. The minimum Gasteiger partial charge on any atom is -0.457 e. The molecular formula is C21H21N3O2. The van der Waals surface area contributed by atoms with Gasteiger partial charge in [0.2, 0.25) is 5.91 Å². The zero-order valence-corrected chi connectivity index (χ0v) is 14.8. The summed E-state index contributed by atoms with van der Waals surface area (Å²) in [6, 6.07) is 16.9. The molecule has 0 atom stereocenters. The van der Waals surface area contributed by atoms with Gasteiger partial charge in [0.25, 0.3) is 0 Å². The Hall–Kier alpha value is -3.34. The highest BCUT2D eigenvalue weighted by Gasteiger charge is 2.06. The van der Waals surface area contributed by atoms with Crippen LogP contribution in [0, 0.1) is 13.8 Å². The van der Waals surface area contributed by atoms with Crippen LogP contribution in [-0.2, 0) is 4.79 Å². The van der Waals surface area contributed by atoms with Crippen LogP contribution in [-0.4, -0.2) is 17.4 Å². The largest absolute Gasteiger partial charge is 0.457 e.